The molecular formula is C20H22FNO4. The van der Waals surface area contributed by atoms with Crippen molar-refractivity contribution in [1.29, 1.82) is 0 Å². The van der Waals surface area contributed by atoms with Gasteiger partial charge in [0.25, 0.3) is 0 Å². The van der Waals surface area contributed by atoms with Gasteiger partial charge in [-0.25, -0.2) is 4.39 Å². The first-order valence-corrected chi connectivity index (χ1v) is 8.02. The molecule has 2 aromatic carbocycles. The standard InChI is InChI=1S/C20H22FNO4/c1-13(14-5-8-16(21)9-6-14)22-20(23)10-7-15-11-18(25-3)19(26-4)12-17(15)24-2/h5-13H,1-4H3,(H,22,23)/b10-7+/t13-/m1/s1. The van der Waals surface area contributed by atoms with Crippen LogP contribution in [0.1, 0.15) is 24.1 Å². The number of amides is 1. The molecule has 0 heterocycles. The topological polar surface area (TPSA) is 56.8 Å². The van der Waals surface area contributed by atoms with Crippen molar-refractivity contribution in [3.63, 3.8) is 0 Å². The van der Waals surface area contributed by atoms with Crippen LogP contribution < -0.4 is 19.5 Å². The zero-order chi connectivity index (χ0) is 19.1. The van der Waals surface area contributed by atoms with Crippen molar-refractivity contribution in [2.45, 2.75) is 13.0 Å². The summed E-state index contributed by atoms with van der Waals surface area (Å²) in [5, 5.41) is 2.83. The Balaban J connectivity index is 2.13. The van der Waals surface area contributed by atoms with Crippen LogP contribution in [-0.4, -0.2) is 27.2 Å². The summed E-state index contributed by atoms with van der Waals surface area (Å²) in [5.41, 5.74) is 1.49. The summed E-state index contributed by atoms with van der Waals surface area (Å²) in [7, 11) is 4.61. The minimum absolute atomic E-state index is 0.250. The van der Waals surface area contributed by atoms with Crippen LogP contribution in [0.2, 0.25) is 0 Å². The summed E-state index contributed by atoms with van der Waals surface area (Å²) in [6, 6.07) is 9.18. The summed E-state index contributed by atoms with van der Waals surface area (Å²) < 4.78 is 28.8. The van der Waals surface area contributed by atoms with Gasteiger partial charge in [0, 0.05) is 17.7 Å². The zero-order valence-electron chi connectivity index (χ0n) is 15.2. The Kier molecular flexibility index (Phi) is 6.60. The molecule has 0 aliphatic rings. The molecule has 2 aromatic rings. The van der Waals surface area contributed by atoms with Gasteiger partial charge in [-0.3, -0.25) is 4.79 Å². The van der Waals surface area contributed by atoms with E-state index < -0.39 is 0 Å². The van der Waals surface area contributed by atoms with E-state index in [-0.39, 0.29) is 17.8 Å². The lowest BCUT2D eigenvalue weighted by Gasteiger charge is -2.13. The Bertz CT molecular complexity index is 787. The van der Waals surface area contributed by atoms with Crippen LogP contribution in [0.15, 0.2) is 42.5 Å². The number of methoxy groups -OCH3 is 3. The van der Waals surface area contributed by atoms with E-state index >= 15 is 0 Å². The van der Waals surface area contributed by atoms with Crippen molar-refractivity contribution >= 4 is 12.0 Å². The van der Waals surface area contributed by atoms with E-state index in [0.29, 0.717) is 22.8 Å². The molecule has 6 heteroatoms. The van der Waals surface area contributed by atoms with E-state index in [0.717, 1.165) is 5.56 Å². The molecule has 1 N–H and O–H groups in total. The van der Waals surface area contributed by atoms with E-state index in [1.807, 2.05) is 6.92 Å². The zero-order valence-corrected chi connectivity index (χ0v) is 15.2. The summed E-state index contributed by atoms with van der Waals surface area (Å²) in [4.78, 5) is 12.2. The van der Waals surface area contributed by atoms with Crippen molar-refractivity contribution in [1.82, 2.24) is 5.32 Å². The minimum atomic E-state index is -0.312. The van der Waals surface area contributed by atoms with E-state index in [1.54, 1.807) is 30.3 Å². The Hall–Kier alpha value is -3.02. The Labute approximate surface area is 152 Å². The molecule has 0 bridgehead atoms. The largest absolute Gasteiger partial charge is 0.496 e. The minimum Gasteiger partial charge on any atom is -0.496 e. The molecule has 0 aliphatic heterocycles. The van der Waals surface area contributed by atoms with E-state index in [9.17, 15) is 9.18 Å². The van der Waals surface area contributed by atoms with Gasteiger partial charge >= 0.3 is 0 Å². The average molecular weight is 359 g/mol. The fourth-order valence-electron chi connectivity index (χ4n) is 2.44. The Morgan fingerprint density at radius 3 is 2.15 bits per heavy atom. The molecule has 26 heavy (non-hydrogen) atoms. The smallest absolute Gasteiger partial charge is 0.244 e. The molecule has 0 aromatic heterocycles. The number of carbonyl (C=O) groups excluding carboxylic acids is 1. The number of carbonyl (C=O) groups is 1. The van der Waals surface area contributed by atoms with Crippen LogP contribution in [0.25, 0.3) is 6.08 Å². The highest BCUT2D eigenvalue weighted by atomic mass is 19.1. The monoisotopic (exact) mass is 359 g/mol. The van der Waals surface area contributed by atoms with Gasteiger partial charge in [-0.15, -0.1) is 0 Å². The van der Waals surface area contributed by atoms with Crippen LogP contribution in [-0.2, 0) is 4.79 Å². The second-order valence-electron chi connectivity index (χ2n) is 5.56. The van der Waals surface area contributed by atoms with Crippen LogP contribution in [0, 0.1) is 5.82 Å². The second-order valence-corrected chi connectivity index (χ2v) is 5.56. The summed E-state index contributed by atoms with van der Waals surface area (Å²) in [5.74, 6) is 1.04. The third kappa shape index (κ3) is 4.75. The summed E-state index contributed by atoms with van der Waals surface area (Å²) in [6.45, 7) is 1.83. The normalized spacial score (nSPS) is 11.9. The van der Waals surface area contributed by atoms with Crippen LogP contribution in [0.5, 0.6) is 17.2 Å². The molecule has 0 saturated carbocycles. The molecule has 0 aliphatic carbocycles. The van der Waals surface area contributed by atoms with Crippen molar-refractivity contribution in [2.75, 3.05) is 21.3 Å². The molecular weight excluding hydrogens is 337 g/mol. The Morgan fingerprint density at radius 1 is 1.00 bits per heavy atom. The summed E-state index contributed by atoms with van der Waals surface area (Å²) >= 11 is 0. The first-order valence-electron chi connectivity index (χ1n) is 8.02. The molecule has 0 saturated heterocycles. The first kappa shape index (κ1) is 19.3. The van der Waals surface area contributed by atoms with Crippen molar-refractivity contribution in [2.24, 2.45) is 0 Å². The van der Waals surface area contributed by atoms with Crippen LogP contribution in [0.3, 0.4) is 0 Å². The van der Waals surface area contributed by atoms with Crippen LogP contribution in [0.4, 0.5) is 4.39 Å². The highest BCUT2D eigenvalue weighted by Gasteiger charge is 2.11. The van der Waals surface area contributed by atoms with Crippen molar-refractivity contribution < 1.29 is 23.4 Å². The maximum Gasteiger partial charge on any atom is 0.244 e. The second kappa shape index (κ2) is 8.89. The lowest BCUT2D eigenvalue weighted by Crippen LogP contribution is -2.24. The Morgan fingerprint density at radius 2 is 1.58 bits per heavy atom. The fraction of sp³-hybridized carbons (Fsp3) is 0.250. The van der Waals surface area contributed by atoms with Gasteiger partial charge in [-0.2, -0.15) is 0 Å². The van der Waals surface area contributed by atoms with Gasteiger partial charge < -0.3 is 19.5 Å². The number of benzene rings is 2. The van der Waals surface area contributed by atoms with Gasteiger partial charge in [-0.05, 0) is 36.8 Å². The molecule has 1 amide bonds. The fourth-order valence-corrected chi connectivity index (χ4v) is 2.44. The van der Waals surface area contributed by atoms with Crippen LogP contribution >= 0.6 is 0 Å². The average Bonchev–Trinajstić information content (AvgIpc) is 2.65. The van der Waals surface area contributed by atoms with E-state index in [4.69, 9.17) is 14.2 Å². The van der Waals surface area contributed by atoms with Gasteiger partial charge in [0.15, 0.2) is 11.5 Å². The first-order chi connectivity index (χ1) is 12.5. The van der Waals surface area contributed by atoms with Gasteiger partial charge in [0.1, 0.15) is 11.6 Å². The van der Waals surface area contributed by atoms with Gasteiger partial charge in [0.2, 0.25) is 5.91 Å². The third-order valence-electron chi connectivity index (χ3n) is 3.88. The molecule has 0 fully saturated rings. The number of hydrogen-bond acceptors (Lipinski definition) is 4. The van der Waals surface area contributed by atoms with Crippen molar-refractivity contribution in [3.8, 4) is 17.2 Å². The summed E-state index contributed by atoms with van der Waals surface area (Å²) in [6.07, 6.45) is 3.04. The molecule has 2 rings (SSSR count). The molecule has 0 spiro atoms. The van der Waals surface area contributed by atoms with Crippen molar-refractivity contribution in [3.05, 3.63) is 59.4 Å². The SMILES string of the molecule is COc1cc(OC)c(OC)cc1/C=C/C(=O)N[C@H](C)c1ccc(F)cc1. The molecule has 138 valence electrons. The van der Waals surface area contributed by atoms with Gasteiger partial charge in [0.05, 0.1) is 27.4 Å². The molecule has 1 atom stereocenters. The predicted octanol–water partition coefficient (Wildman–Crippen LogP) is 3.74. The van der Waals surface area contributed by atoms with E-state index in [2.05, 4.69) is 5.32 Å². The predicted molar refractivity (Wildman–Crippen MR) is 98.1 cm³/mol. The highest BCUT2D eigenvalue weighted by Crippen LogP contribution is 2.35. The number of halogens is 1. The number of hydrogen-bond donors (Lipinski definition) is 1. The molecule has 0 radical (unpaired) electrons. The quantitative estimate of drug-likeness (QED) is 0.765. The van der Waals surface area contributed by atoms with E-state index in [1.165, 1.54) is 39.5 Å². The maximum absolute atomic E-state index is 13.0. The maximum atomic E-state index is 13.0. The van der Waals surface area contributed by atoms with Gasteiger partial charge in [-0.1, -0.05) is 12.1 Å². The molecule has 5 nitrogen and oxygen atoms in total. The lowest BCUT2D eigenvalue weighted by molar-refractivity contribution is -0.117. The number of rotatable bonds is 7. The molecule has 0 unspecified atom stereocenters. The third-order valence-corrected chi connectivity index (χ3v) is 3.88. The number of nitrogens with one attached hydrogen (secondary N) is 1. The highest BCUT2D eigenvalue weighted by molar-refractivity contribution is 5.92. The number of ether oxygens (including phenoxy) is 3. The lowest BCUT2D eigenvalue weighted by atomic mass is 10.1.